The molecule has 1 aliphatic heterocycles. The Morgan fingerprint density at radius 3 is 2.76 bits per heavy atom. The van der Waals surface area contributed by atoms with E-state index < -0.39 is 47.0 Å². The highest BCUT2D eigenvalue weighted by Gasteiger charge is 2.47. The third kappa shape index (κ3) is 3.39. The number of hydrogen-bond donors (Lipinski definition) is 3. The first-order valence-corrected chi connectivity index (χ1v) is 7.72. The van der Waals surface area contributed by atoms with Crippen molar-refractivity contribution < 1.29 is 27.6 Å². The van der Waals surface area contributed by atoms with Gasteiger partial charge in [-0.2, -0.15) is 13.4 Å². The van der Waals surface area contributed by atoms with Gasteiger partial charge in [-0.1, -0.05) is 0 Å². The van der Waals surface area contributed by atoms with Crippen molar-refractivity contribution in [1.29, 1.82) is 0 Å². The number of rotatable bonds is 4. The lowest BCUT2D eigenvalue weighted by Crippen LogP contribution is -2.39. The van der Waals surface area contributed by atoms with Crippen molar-refractivity contribution in [2.75, 3.05) is 18.6 Å². The number of nitrogens with zero attached hydrogens (tertiary/aromatic N) is 2. The summed E-state index contributed by atoms with van der Waals surface area (Å²) in [6.45, 7) is -0.592. The maximum Gasteiger partial charge on any atom is 0.351 e. The molecule has 2 heterocycles. The van der Waals surface area contributed by atoms with Gasteiger partial charge in [-0.15, -0.1) is 0 Å². The summed E-state index contributed by atoms with van der Waals surface area (Å²) in [5.41, 5.74) is 4.57. The SMILES string of the molecule is CS(=O)(=O)O[C@H]1[C@@H](O)[C@H](n2ccc(N)nc2=O)O[C@@H]1CO. The zero-order valence-corrected chi connectivity index (χ0v) is 11.8. The van der Waals surface area contributed by atoms with Crippen LogP contribution >= 0.6 is 0 Å². The highest BCUT2D eigenvalue weighted by molar-refractivity contribution is 7.86. The summed E-state index contributed by atoms with van der Waals surface area (Å²) in [6.07, 6.45) is -3.12. The summed E-state index contributed by atoms with van der Waals surface area (Å²) in [5.74, 6) is -0.00798. The molecule has 21 heavy (non-hydrogen) atoms. The third-order valence-electron chi connectivity index (χ3n) is 2.90. The van der Waals surface area contributed by atoms with Gasteiger partial charge in [-0.25, -0.2) is 4.79 Å². The fourth-order valence-electron chi connectivity index (χ4n) is 2.04. The second-order valence-corrected chi connectivity index (χ2v) is 6.15. The molecule has 0 saturated carbocycles. The fourth-order valence-corrected chi connectivity index (χ4v) is 2.68. The molecule has 0 amide bonds. The third-order valence-corrected chi connectivity index (χ3v) is 3.47. The molecule has 11 heteroatoms. The first-order valence-electron chi connectivity index (χ1n) is 5.90. The van der Waals surface area contributed by atoms with E-state index in [0.29, 0.717) is 0 Å². The zero-order chi connectivity index (χ0) is 15.8. The lowest BCUT2D eigenvalue weighted by Gasteiger charge is -2.18. The van der Waals surface area contributed by atoms with Crippen molar-refractivity contribution in [3.05, 3.63) is 22.7 Å². The van der Waals surface area contributed by atoms with Crippen LogP contribution in [0.25, 0.3) is 0 Å². The Morgan fingerprint density at radius 2 is 2.24 bits per heavy atom. The maximum absolute atomic E-state index is 11.7. The lowest BCUT2D eigenvalue weighted by molar-refractivity contribution is -0.0542. The lowest BCUT2D eigenvalue weighted by atomic mass is 10.1. The summed E-state index contributed by atoms with van der Waals surface area (Å²) >= 11 is 0. The van der Waals surface area contributed by atoms with E-state index in [-0.39, 0.29) is 5.82 Å². The zero-order valence-electron chi connectivity index (χ0n) is 11.0. The highest BCUT2D eigenvalue weighted by Crippen LogP contribution is 2.31. The van der Waals surface area contributed by atoms with E-state index >= 15 is 0 Å². The Morgan fingerprint density at radius 1 is 1.57 bits per heavy atom. The van der Waals surface area contributed by atoms with Crippen LogP contribution in [-0.4, -0.2) is 59.4 Å². The number of aliphatic hydroxyl groups excluding tert-OH is 2. The van der Waals surface area contributed by atoms with Gasteiger partial charge in [-0.3, -0.25) is 8.75 Å². The number of nitrogen functional groups attached to an aromatic ring is 1. The van der Waals surface area contributed by atoms with Gasteiger partial charge in [0.15, 0.2) is 6.23 Å². The number of hydrogen-bond acceptors (Lipinski definition) is 9. The molecule has 0 unspecified atom stereocenters. The average molecular weight is 321 g/mol. The Balaban J connectivity index is 2.33. The molecule has 0 spiro atoms. The molecular weight excluding hydrogens is 306 g/mol. The van der Waals surface area contributed by atoms with E-state index in [0.717, 1.165) is 10.8 Å². The molecule has 0 bridgehead atoms. The van der Waals surface area contributed by atoms with Crippen molar-refractivity contribution >= 4 is 15.9 Å². The molecule has 2 rings (SSSR count). The van der Waals surface area contributed by atoms with Gasteiger partial charge in [0, 0.05) is 6.20 Å². The van der Waals surface area contributed by atoms with Crippen LogP contribution in [0.4, 0.5) is 5.82 Å². The predicted octanol–water partition coefficient (Wildman–Crippen LogP) is -2.58. The number of aromatic nitrogens is 2. The van der Waals surface area contributed by atoms with Crippen LogP contribution in [0.5, 0.6) is 0 Å². The molecule has 1 aromatic heterocycles. The van der Waals surface area contributed by atoms with Gasteiger partial charge in [0.25, 0.3) is 10.1 Å². The van der Waals surface area contributed by atoms with Crippen LogP contribution in [0.2, 0.25) is 0 Å². The van der Waals surface area contributed by atoms with Crippen molar-refractivity contribution in [2.24, 2.45) is 0 Å². The van der Waals surface area contributed by atoms with E-state index in [4.69, 9.17) is 14.7 Å². The summed E-state index contributed by atoms with van der Waals surface area (Å²) < 4.78 is 33.3. The minimum atomic E-state index is -3.88. The fraction of sp³-hybridized carbons (Fsp3) is 0.600. The average Bonchev–Trinajstić information content (AvgIpc) is 2.65. The Kier molecular flexibility index (Phi) is 4.30. The molecule has 1 fully saturated rings. The van der Waals surface area contributed by atoms with Crippen molar-refractivity contribution in [3.8, 4) is 0 Å². The van der Waals surface area contributed by atoms with Crippen molar-refractivity contribution in [2.45, 2.75) is 24.5 Å². The largest absolute Gasteiger partial charge is 0.394 e. The van der Waals surface area contributed by atoms with Gasteiger partial charge in [-0.05, 0) is 6.07 Å². The molecule has 1 saturated heterocycles. The number of anilines is 1. The van der Waals surface area contributed by atoms with E-state index in [1.165, 1.54) is 12.3 Å². The molecule has 0 aliphatic carbocycles. The molecule has 1 aromatic rings. The molecule has 0 aromatic carbocycles. The van der Waals surface area contributed by atoms with Crippen molar-refractivity contribution in [1.82, 2.24) is 9.55 Å². The Labute approximate surface area is 119 Å². The number of ether oxygens (including phenoxy) is 1. The molecule has 10 nitrogen and oxygen atoms in total. The molecule has 1 aliphatic rings. The summed E-state index contributed by atoms with van der Waals surface area (Å²) in [7, 11) is -3.88. The Hall–Kier alpha value is -1.53. The number of aliphatic hydroxyl groups is 2. The van der Waals surface area contributed by atoms with Crippen LogP contribution in [0.15, 0.2) is 17.1 Å². The topological polar surface area (TPSA) is 154 Å². The summed E-state index contributed by atoms with van der Waals surface area (Å²) in [6, 6.07) is 1.32. The van der Waals surface area contributed by atoms with E-state index in [2.05, 4.69) is 4.98 Å². The van der Waals surface area contributed by atoms with Gasteiger partial charge >= 0.3 is 5.69 Å². The first kappa shape index (κ1) is 15.9. The summed E-state index contributed by atoms with van der Waals surface area (Å²) in [4.78, 5) is 15.2. The van der Waals surface area contributed by atoms with Gasteiger partial charge in [0.2, 0.25) is 0 Å². The van der Waals surface area contributed by atoms with Gasteiger partial charge in [0.1, 0.15) is 24.1 Å². The second kappa shape index (κ2) is 5.69. The Bertz CT molecular complexity index is 673. The van der Waals surface area contributed by atoms with E-state index in [1.807, 2.05) is 0 Å². The predicted molar refractivity (Wildman–Crippen MR) is 69.6 cm³/mol. The minimum Gasteiger partial charge on any atom is -0.394 e. The molecule has 0 radical (unpaired) electrons. The normalized spacial score (nSPS) is 29.7. The number of nitrogens with two attached hydrogens (primary N) is 1. The van der Waals surface area contributed by atoms with Gasteiger partial charge < -0.3 is 20.7 Å². The first-order chi connectivity index (χ1) is 9.73. The maximum atomic E-state index is 11.7. The quantitative estimate of drug-likeness (QED) is 0.507. The molecule has 4 N–H and O–H groups in total. The highest BCUT2D eigenvalue weighted by atomic mass is 32.2. The van der Waals surface area contributed by atoms with Gasteiger partial charge in [0.05, 0.1) is 12.9 Å². The van der Waals surface area contributed by atoms with E-state index in [1.54, 1.807) is 0 Å². The second-order valence-electron chi connectivity index (χ2n) is 4.55. The van der Waals surface area contributed by atoms with Crippen molar-refractivity contribution in [3.63, 3.8) is 0 Å². The van der Waals surface area contributed by atoms with Crippen LogP contribution in [0.1, 0.15) is 6.23 Å². The summed E-state index contributed by atoms with van der Waals surface area (Å²) in [5, 5.41) is 19.3. The smallest absolute Gasteiger partial charge is 0.351 e. The van der Waals surface area contributed by atoms with Crippen LogP contribution < -0.4 is 11.4 Å². The van der Waals surface area contributed by atoms with Crippen LogP contribution in [0, 0.1) is 0 Å². The van der Waals surface area contributed by atoms with Crippen LogP contribution in [-0.2, 0) is 19.0 Å². The van der Waals surface area contributed by atoms with Crippen LogP contribution in [0.3, 0.4) is 0 Å². The minimum absolute atomic E-state index is 0.00798. The standard InChI is InChI=1S/C10H15N3O7S/c1-21(17,18)20-8-5(4-14)19-9(7(8)15)13-3-2-6(11)12-10(13)16/h2-3,5,7-9,14-15H,4H2,1H3,(H2,11,12,16)/t5-,7-,8-,9-/m1/s1. The monoisotopic (exact) mass is 321 g/mol. The molecular formula is C10H15N3O7S. The molecule has 118 valence electrons. The molecule has 4 atom stereocenters. The van der Waals surface area contributed by atoms with E-state index in [9.17, 15) is 23.4 Å².